The molecule has 0 aliphatic carbocycles. The predicted molar refractivity (Wildman–Crippen MR) is 68.5 cm³/mol. The number of ether oxygens (including phenoxy) is 1. The number of aliphatic carboxylic acids is 1. The maximum atomic E-state index is 11.4. The van der Waals surface area contributed by atoms with E-state index >= 15 is 0 Å². The highest BCUT2D eigenvalue weighted by Gasteiger charge is 2.30. The number of hydrogen-bond acceptors (Lipinski definition) is 3. The molecular formula is C14H19NO3. The lowest BCUT2D eigenvalue weighted by Crippen LogP contribution is -2.42. The van der Waals surface area contributed by atoms with Crippen LogP contribution in [0.5, 0.6) is 0 Å². The fourth-order valence-corrected chi connectivity index (χ4v) is 2.47. The summed E-state index contributed by atoms with van der Waals surface area (Å²) in [7, 11) is 1.64. The van der Waals surface area contributed by atoms with Crippen molar-refractivity contribution in [1.29, 1.82) is 0 Å². The molecule has 0 spiro atoms. The average molecular weight is 249 g/mol. The van der Waals surface area contributed by atoms with E-state index in [-0.39, 0.29) is 6.04 Å². The highest BCUT2D eigenvalue weighted by Crippen LogP contribution is 2.27. The summed E-state index contributed by atoms with van der Waals surface area (Å²) in [4.78, 5) is 11.4. The molecule has 0 radical (unpaired) electrons. The molecule has 1 aliphatic rings. The Bertz CT molecular complexity index is 445. The molecule has 0 saturated carbocycles. The van der Waals surface area contributed by atoms with Crippen LogP contribution in [0.3, 0.4) is 0 Å². The molecule has 0 aromatic heterocycles. The molecule has 4 heteroatoms. The Hall–Kier alpha value is -1.39. The van der Waals surface area contributed by atoms with Gasteiger partial charge in [-0.2, -0.15) is 0 Å². The van der Waals surface area contributed by atoms with Crippen LogP contribution in [0.4, 0.5) is 0 Å². The lowest BCUT2D eigenvalue weighted by atomic mass is 9.88. The third-order valence-corrected chi connectivity index (χ3v) is 3.44. The van der Waals surface area contributed by atoms with Gasteiger partial charge in [-0.05, 0) is 29.5 Å². The van der Waals surface area contributed by atoms with E-state index in [2.05, 4.69) is 12.2 Å². The van der Waals surface area contributed by atoms with Gasteiger partial charge in [0.05, 0.1) is 6.61 Å². The van der Waals surface area contributed by atoms with Crippen molar-refractivity contribution in [3.05, 3.63) is 34.9 Å². The van der Waals surface area contributed by atoms with Gasteiger partial charge in [-0.1, -0.05) is 25.1 Å². The molecule has 18 heavy (non-hydrogen) atoms. The van der Waals surface area contributed by atoms with Crippen LogP contribution in [-0.4, -0.2) is 24.2 Å². The number of fused-ring (bicyclic) bond motifs is 1. The van der Waals surface area contributed by atoms with Crippen molar-refractivity contribution >= 4 is 5.97 Å². The zero-order valence-corrected chi connectivity index (χ0v) is 10.8. The molecule has 0 saturated heterocycles. The third kappa shape index (κ3) is 2.54. The van der Waals surface area contributed by atoms with Crippen molar-refractivity contribution < 1.29 is 14.6 Å². The Labute approximate surface area is 107 Å². The summed E-state index contributed by atoms with van der Waals surface area (Å²) in [6, 6.07) is 5.63. The number of carbonyl (C=O) groups is 1. The van der Waals surface area contributed by atoms with Crippen LogP contribution in [-0.2, 0) is 22.6 Å². The second kappa shape index (κ2) is 5.50. The van der Waals surface area contributed by atoms with Gasteiger partial charge in [0.1, 0.15) is 6.04 Å². The van der Waals surface area contributed by atoms with E-state index in [4.69, 9.17) is 4.74 Å². The topological polar surface area (TPSA) is 58.6 Å². The van der Waals surface area contributed by atoms with Gasteiger partial charge in [-0.15, -0.1) is 0 Å². The molecular weight excluding hydrogens is 230 g/mol. The second-order valence-electron chi connectivity index (χ2n) is 4.71. The molecule has 2 N–H and O–H groups in total. The van der Waals surface area contributed by atoms with Crippen molar-refractivity contribution in [2.45, 2.75) is 38.5 Å². The van der Waals surface area contributed by atoms with E-state index in [1.54, 1.807) is 7.11 Å². The molecule has 2 atom stereocenters. The Morgan fingerprint density at radius 2 is 2.33 bits per heavy atom. The van der Waals surface area contributed by atoms with Crippen LogP contribution in [0.15, 0.2) is 18.2 Å². The molecule has 1 heterocycles. The van der Waals surface area contributed by atoms with Gasteiger partial charge in [-0.25, -0.2) is 0 Å². The maximum Gasteiger partial charge on any atom is 0.325 e. The van der Waals surface area contributed by atoms with Crippen LogP contribution in [0, 0.1) is 0 Å². The van der Waals surface area contributed by atoms with E-state index < -0.39 is 12.0 Å². The SMILES string of the molecule is CCC1Cc2ccc(COC)cc2C(C(=O)O)N1. The monoisotopic (exact) mass is 249 g/mol. The van der Waals surface area contributed by atoms with E-state index in [0.29, 0.717) is 6.61 Å². The number of benzene rings is 1. The Morgan fingerprint density at radius 1 is 1.56 bits per heavy atom. The molecule has 4 nitrogen and oxygen atoms in total. The van der Waals surface area contributed by atoms with Crippen molar-refractivity contribution in [1.82, 2.24) is 5.32 Å². The largest absolute Gasteiger partial charge is 0.480 e. The minimum atomic E-state index is -0.816. The number of methoxy groups -OCH3 is 1. The van der Waals surface area contributed by atoms with Crippen molar-refractivity contribution in [3.63, 3.8) is 0 Å². The zero-order valence-electron chi connectivity index (χ0n) is 10.8. The van der Waals surface area contributed by atoms with Gasteiger partial charge in [0.25, 0.3) is 0 Å². The molecule has 0 fully saturated rings. The fourth-order valence-electron chi connectivity index (χ4n) is 2.47. The molecule has 1 aromatic rings. The van der Waals surface area contributed by atoms with Gasteiger partial charge in [0, 0.05) is 13.2 Å². The summed E-state index contributed by atoms with van der Waals surface area (Å²) in [5.74, 6) is -0.816. The van der Waals surface area contributed by atoms with Crippen LogP contribution < -0.4 is 5.32 Å². The minimum Gasteiger partial charge on any atom is -0.480 e. The number of carboxylic acids is 1. The quantitative estimate of drug-likeness (QED) is 0.855. The zero-order chi connectivity index (χ0) is 13.1. The lowest BCUT2D eigenvalue weighted by Gasteiger charge is -2.30. The summed E-state index contributed by atoms with van der Waals surface area (Å²) in [6.07, 6.45) is 1.83. The first-order valence-corrected chi connectivity index (χ1v) is 6.25. The van der Waals surface area contributed by atoms with Crippen LogP contribution in [0.1, 0.15) is 36.1 Å². The normalized spacial score (nSPS) is 22.6. The highest BCUT2D eigenvalue weighted by molar-refractivity contribution is 5.76. The summed E-state index contributed by atoms with van der Waals surface area (Å²) < 4.78 is 5.09. The van der Waals surface area contributed by atoms with Gasteiger partial charge in [0.2, 0.25) is 0 Å². The van der Waals surface area contributed by atoms with E-state index in [1.807, 2.05) is 18.2 Å². The molecule has 0 bridgehead atoms. The van der Waals surface area contributed by atoms with Crippen LogP contribution in [0.25, 0.3) is 0 Å². The fraction of sp³-hybridized carbons (Fsp3) is 0.500. The van der Waals surface area contributed by atoms with Crippen molar-refractivity contribution in [2.24, 2.45) is 0 Å². The van der Waals surface area contributed by atoms with Gasteiger partial charge < -0.3 is 9.84 Å². The molecule has 2 unspecified atom stereocenters. The summed E-state index contributed by atoms with van der Waals surface area (Å²) in [5, 5.41) is 12.5. The summed E-state index contributed by atoms with van der Waals surface area (Å²) >= 11 is 0. The predicted octanol–water partition coefficient (Wildman–Crippen LogP) is 1.88. The maximum absolute atomic E-state index is 11.4. The Kier molecular flexibility index (Phi) is 3.99. The smallest absolute Gasteiger partial charge is 0.325 e. The van der Waals surface area contributed by atoms with Crippen molar-refractivity contribution in [3.8, 4) is 0 Å². The second-order valence-corrected chi connectivity index (χ2v) is 4.71. The number of rotatable bonds is 4. The van der Waals surface area contributed by atoms with Crippen LogP contribution in [0.2, 0.25) is 0 Å². The van der Waals surface area contributed by atoms with Crippen molar-refractivity contribution in [2.75, 3.05) is 7.11 Å². The minimum absolute atomic E-state index is 0.242. The summed E-state index contributed by atoms with van der Waals surface area (Å²) in [6.45, 7) is 2.58. The van der Waals surface area contributed by atoms with Gasteiger partial charge in [-0.3, -0.25) is 10.1 Å². The molecule has 0 amide bonds. The standard InChI is InChI=1S/C14H19NO3/c1-3-11-7-10-5-4-9(8-18-2)6-12(10)13(15-11)14(16)17/h4-6,11,13,15H,3,7-8H2,1-2H3,(H,16,17). The van der Waals surface area contributed by atoms with E-state index in [9.17, 15) is 9.90 Å². The van der Waals surface area contributed by atoms with E-state index in [1.165, 1.54) is 0 Å². The first kappa shape index (κ1) is 13.1. The first-order chi connectivity index (χ1) is 8.65. The van der Waals surface area contributed by atoms with E-state index in [0.717, 1.165) is 29.5 Å². The lowest BCUT2D eigenvalue weighted by molar-refractivity contribution is -0.140. The number of hydrogen-bond donors (Lipinski definition) is 2. The van der Waals surface area contributed by atoms with Gasteiger partial charge >= 0.3 is 5.97 Å². The molecule has 1 aromatic carbocycles. The Morgan fingerprint density at radius 3 is 2.94 bits per heavy atom. The first-order valence-electron chi connectivity index (χ1n) is 6.25. The highest BCUT2D eigenvalue weighted by atomic mass is 16.5. The summed E-state index contributed by atoms with van der Waals surface area (Å²) in [5.41, 5.74) is 3.02. The molecule has 98 valence electrons. The average Bonchev–Trinajstić information content (AvgIpc) is 2.37. The van der Waals surface area contributed by atoms with Crippen LogP contribution >= 0.6 is 0 Å². The Balaban J connectivity index is 2.36. The third-order valence-electron chi connectivity index (χ3n) is 3.44. The number of carboxylic acid groups (broad SMARTS) is 1. The number of nitrogens with one attached hydrogen (secondary N) is 1. The molecule has 2 rings (SSSR count). The molecule has 1 aliphatic heterocycles. The van der Waals surface area contributed by atoms with Gasteiger partial charge in [0.15, 0.2) is 0 Å².